The molecule has 1 saturated carbocycles. The van der Waals surface area contributed by atoms with Crippen molar-refractivity contribution in [3.8, 4) is 17.6 Å². The topological polar surface area (TPSA) is 74.6 Å². The van der Waals surface area contributed by atoms with Crippen LogP contribution in [0.5, 0.6) is 11.5 Å². The van der Waals surface area contributed by atoms with E-state index < -0.39 is 5.54 Å². The molecule has 0 unspecified atom stereocenters. The molecule has 0 radical (unpaired) electrons. The summed E-state index contributed by atoms with van der Waals surface area (Å²) in [5.41, 5.74) is 0.367. The zero-order chi connectivity index (χ0) is 18.3. The van der Waals surface area contributed by atoms with Crippen LogP contribution in [0.3, 0.4) is 0 Å². The van der Waals surface area contributed by atoms with Crippen molar-refractivity contribution in [2.75, 3.05) is 27.3 Å². The Labute approximate surface area is 149 Å². The van der Waals surface area contributed by atoms with Crippen LogP contribution in [-0.4, -0.2) is 43.7 Å². The predicted molar refractivity (Wildman–Crippen MR) is 95.5 cm³/mol. The van der Waals surface area contributed by atoms with Gasteiger partial charge < -0.3 is 14.8 Å². The van der Waals surface area contributed by atoms with E-state index in [0.29, 0.717) is 24.7 Å². The van der Waals surface area contributed by atoms with Crippen LogP contribution in [0.4, 0.5) is 0 Å². The van der Waals surface area contributed by atoms with Crippen molar-refractivity contribution < 1.29 is 14.3 Å². The number of rotatable bonds is 8. The number of benzene rings is 1. The van der Waals surface area contributed by atoms with Gasteiger partial charge in [0.05, 0.1) is 26.3 Å². The highest BCUT2D eigenvalue weighted by Crippen LogP contribution is 2.29. The van der Waals surface area contributed by atoms with E-state index in [1.165, 1.54) is 0 Å². The Morgan fingerprint density at radius 3 is 2.68 bits per heavy atom. The highest BCUT2D eigenvalue weighted by molar-refractivity contribution is 5.79. The zero-order valence-electron chi connectivity index (χ0n) is 15.3. The van der Waals surface area contributed by atoms with Crippen molar-refractivity contribution >= 4 is 5.91 Å². The van der Waals surface area contributed by atoms with Crippen molar-refractivity contribution in [3.63, 3.8) is 0 Å². The minimum atomic E-state index is -0.666. The molecule has 2 rings (SSSR count). The predicted octanol–water partition coefficient (Wildman–Crippen LogP) is 2.48. The van der Waals surface area contributed by atoms with E-state index in [2.05, 4.69) is 11.4 Å². The van der Waals surface area contributed by atoms with Gasteiger partial charge in [-0.3, -0.25) is 9.69 Å². The largest absolute Gasteiger partial charge is 0.493 e. The molecule has 0 saturated heterocycles. The summed E-state index contributed by atoms with van der Waals surface area (Å²) in [4.78, 5) is 14.2. The number of hydrogen-bond donors (Lipinski definition) is 1. The Balaban J connectivity index is 1.92. The number of methoxy groups -OCH3 is 1. The minimum Gasteiger partial charge on any atom is -0.493 e. The summed E-state index contributed by atoms with van der Waals surface area (Å²) >= 11 is 0. The first-order valence-corrected chi connectivity index (χ1v) is 8.72. The maximum Gasteiger partial charge on any atom is 0.235 e. The third kappa shape index (κ3) is 5.10. The van der Waals surface area contributed by atoms with Gasteiger partial charge in [-0.15, -0.1) is 0 Å². The first-order valence-electron chi connectivity index (χ1n) is 8.72. The second kappa shape index (κ2) is 8.72. The van der Waals surface area contributed by atoms with Gasteiger partial charge in [0, 0.05) is 6.54 Å². The molecule has 1 aromatic carbocycles. The van der Waals surface area contributed by atoms with Gasteiger partial charge in [0.15, 0.2) is 11.5 Å². The smallest absolute Gasteiger partial charge is 0.235 e. The average molecular weight is 345 g/mol. The zero-order valence-corrected chi connectivity index (χ0v) is 15.3. The quantitative estimate of drug-likeness (QED) is 0.783. The van der Waals surface area contributed by atoms with E-state index in [1.807, 2.05) is 37.1 Å². The molecule has 136 valence electrons. The van der Waals surface area contributed by atoms with Gasteiger partial charge in [0.2, 0.25) is 5.91 Å². The molecule has 1 aliphatic carbocycles. The number of amides is 1. The fourth-order valence-electron chi connectivity index (χ4n) is 3.25. The number of ether oxygens (including phenoxy) is 2. The molecule has 25 heavy (non-hydrogen) atoms. The third-order valence-electron chi connectivity index (χ3n) is 4.44. The van der Waals surface area contributed by atoms with Crippen LogP contribution in [-0.2, 0) is 11.3 Å². The number of carbonyl (C=O) groups excluding carboxylic acids is 1. The molecule has 1 amide bonds. The van der Waals surface area contributed by atoms with E-state index >= 15 is 0 Å². The number of nitrogens with one attached hydrogen (secondary N) is 1. The molecule has 6 nitrogen and oxygen atoms in total. The summed E-state index contributed by atoms with van der Waals surface area (Å²) in [6, 6.07) is 8.06. The summed E-state index contributed by atoms with van der Waals surface area (Å²) in [6.07, 6.45) is 3.48. The maximum atomic E-state index is 12.3. The van der Waals surface area contributed by atoms with Crippen LogP contribution in [0, 0.1) is 11.3 Å². The van der Waals surface area contributed by atoms with Gasteiger partial charge in [-0.2, -0.15) is 5.26 Å². The molecular weight excluding hydrogens is 318 g/mol. The van der Waals surface area contributed by atoms with Crippen LogP contribution >= 0.6 is 0 Å². The lowest BCUT2D eigenvalue weighted by Crippen LogP contribution is -2.48. The molecule has 1 fully saturated rings. The highest BCUT2D eigenvalue weighted by atomic mass is 16.5. The highest BCUT2D eigenvalue weighted by Gasteiger charge is 2.35. The van der Waals surface area contributed by atoms with Crippen molar-refractivity contribution in [3.05, 3.63) is 23.8 Å². The van der Waals surface area contributed by atoms with Gasteiger partial charge in [-0.25, -0.2) is 0 Å². The van der Waals surface area contributed by atoms with Gasteiger partial charge >= 0.3 is 0 Å². The molecule has 0 bridgehead atoms. The minimum absolute atomic E-state index is 0.108. The second-order valence-electron chi connectivity index (χ2n) is 6.54. The van der Waals surface area contributed by atoms with Crippen LogP contribution < -0.4 is 14.8 Å². The Morgan fingerprint density at radius 2 is 2.08 bits per heavy atom. The summed E-state index contributed by atoms with van der Waals surface area (Å²) in [5.74, 6) is 1.29. The summed E-state index contributed by atoms with van der Waals surface area (Å²) in [6.45, 7) is 3.36. The molecule has 6 heteroatoms. The lowest BCUT2D eigenvalue weighted by Gasteiger charge is -2.24. The fraction of sp³-hybridized carbons (Fsp3) is 0.579. The molecule has 0 aromatic heterocycles. The van der Waals surface area contributed by atoms with Crippen molar-refractivity contribution in [1.82, 2.24) is 10.2 Å². The first kappa shape index (κ1) is 19.1. The number of likely N-dealkylation sites (N-methyl/N-ethyl adjacent to an activating group) is 1. The molecule has 0 atom stereocenters. The molecule has 1 aliphatic rings. The van der Waals surface area contributed by atoms with E-state index in [-0.39, 0.29) is 12.5 Å². The van der Waals surface area contributed by atoms with Crippen LogP contribution in [0.2, 0.25) is 0 Å². The van der Waals surface area contributed by atoms with Crippen molar-refractivity contribution in [2.45, 2.75) is 44.7 Å². The summed E-state index contributed by atoms with van der Waals surface area (Å²) in [5, 5.41) is 12.3. The molecular formula is C19H27N3O3. The lowest BCUT2D eigenvalue weighted by molar-refractivity contribution is -0.123. The third-order valence-corrected chi connectivity index (χ3v) is 4.44. The van der Waals surface area contributed by atoms with Crippen LogP contribution in [0.1, 0.15) is 38.2 Å². The Kier molecular flexibility index (Phi) is 6.65. The van der Waals surface area contributed by atoms with Crippen LogP contribution in [0.25, 0.3) is 0 Å². The number of nitriles is 1. The molecule has 0 spiro atoms. The molecule has 0 aliphatic heterocycles. The SMILES string of the molecule is CCOc1ccc(CN(C)CC(=O)NC2(C#N)CCCC2)cc1OC. The first-order chi connectivity index (χ1) is 12.0. The second-order valence-corrected chi connectivity index (χ2v) is 6.54. The standard InChI is InChI=1S/C19H27N3O3/c1-4-25-16-8-7-15(11-17(16)24-3)12-22(2)13-18(23)21-19(14-20)9-5-6-10-19/h7-8,11H,4-6,9-10,12-13H2,1-3H3,(H,21,23). The van der Waals surface area contributed by atoms with E-state index in [4.69, 9.17) is 9.47 Å². The number of hydrogen-bond acceptors (Lipinski definition) is 5. The molecule has 0 heterocycles. The van der Waals surface area contributed by atoms with Crippen molar-refractivity contribution in [1.29, 1.82) is 5.26 Å². The summed E-state index contributed by atoms with van der Waals surface area (Å²) < 4.78 is 10.9. The van der Waals surface area contributed by atoms with E-state index in [1.54, 1.807) is 7.11 Å². The molecule has 1 aromatic rings. The monoisotopic (exact) mass is 345 g/mol. The van der Waals surface area contributed by atoms with Gasteiger partial charge in [0.1, 0.15) is 5.54 Å². The van der Waals surface area contributed by atoms with Gasteiger partial charge in [0.25, 0.3) is 0 Å². The molecule has 1 N–H and O–H groups in total. The average Bonchev–Trinajstić information content (AvgIpc) is 3.05. The van der Waals surface area contributed by atoms with Gasteiger partial charge in [-0.1, -0.05) is 6.07 Å². The number of carbonyl (C=O) groups is 1. The lowest BCUT2D eigenvalue weighted by atomic mass is 10.00. The fourth-order valence-corrected chi connectivity index (χ4v) is 3.25. The summed E-state index contributed by atoms with van der Waals surface area (Å²) in [7, 11) is 3.50. The Bertz CT molecular complexity index is 633. The van der Waals surface area contributed by atoms with Crippen LogP contribution in [0.15, 0.2) is 18.2 Å². The van der Waals surface area contributed by atoms with Crippen molar-refractivity contribution in [2.24, 2.45) is 0 Å². The normalized spacial score (nSPS) is 15.6. The Morgan fingerprint density at radius 1 is 1.36 bits per heavy atom. The van der Waals surface area contributed by atoms with Gasteiger partial charge in [-0.05, 0) is 57.4 Å². The van der Waals surface area contributed by atoms with E-state index in [9.17, 15) is 10.1 Å². The van der Waals surface area contributed by atoms with E-state index in [0.717, 1.165) is 31.2 Å². The maximum absolute atomic E-state index is 12.3. The number of nitrogens with zero attached hydrogens (tertiary/aromatic N) is 2. The Hall–Kier alpha value is -2.26.